The summed E-state index contributed by atoms with van der Waals surface area (Å²) >= 11 is 0. The van der Waals surface area contributed by atoms with Crippen LogP contribution in [-0.4, -0.2) is 35.5 Å². The molecule has 0 amide bonds. The maximum atomic E-state index is 11.8. The number of hydrogen-bond donors (Lipinski definition) is 2. The fraction of sp³-hybridized carbons (Fsp3) is 0.600. The summed E-state index contributed by atoms with van der Waals surface area (Å²) in [5, 5.41) is 0. The van der Waals surface area contributed by atoms with Crippen LogP contribution >= 0.6 is 8.25 Å². The molecular weight excluding hydrogens is 289 g/mol. The second-order valence-corrected chi connectivity index (χ2v) is 5.60. The lowest BCUT2D eigenvalue weighted by Gasteiger charge is -2.40. The maximum Gasteiger partial charge on any atom is 0.329 e. The van der Waals surface area contributed by atoms with E-state index in [1.54, 1.807) is 0 Å². The highest BCUT2D eigenvalue weighted by Gasteiger charge is 2.44. The fourth-order valence-corrected chi connectivity index (χ4v) is 3.04. The standard InChI is InChI=1S/C10H16N3O6P/c1-10(11,13-4-3-7(14)12-9(13)15)8-6(17-2)5-18-20(16)19-8/h3-4,6,8,20H,5,11H2,1-2H3,(H,12,14,15)/t6-,8-,10+/m1/s1. The van der Waals surface area contributed by atoms with Gasteiger partial charge in [-0.05, 0) is 6.92 Å². The monoisotopic (exact) mass is 305 g/mol. The minimum absolute atomic E-state index is 0.0455. The van der Waals surface area contributed by atoms with Gasteiger partial charge in [0.15, 0.2) is 0 Å². The van der Waals surface area contributed by atoms with Gasteiger partial charge in [0.25, 0.3) is 5.56 Å². The average molecular weight is 305 g/mol. The van der Waals surface area contributed by atoms with E-state index in [1.807, 2.05) is 0 Å². The molecule has 2 rings (SSSR count). The minimum Gasteiger partial charge on any atom is -0.376 e. The van der Waals surface area contributed by atoms with Crippen LogP contribution in [0.2, 0.25) is 0 Å². The van der Waals surface area contributed by atoms with Crippen LogP contribution in [0.15, 0.2) is 21.9 Å². The third-order valence-electron chi connectivity index (χ3n) is 3.15. The summed E-state index contributed by atoms with van der Waals surface area (Å²) in [6.07, 6.45) is -0.202. The molecule has 0 saturated carbocycles. The number of nitrogens with zero attached hydrogens (tertiary/aromatic N) is 1. The third kappa shape index (κ3) is 2.77. The van der Waals surface area contributed by atoms with Gasteiger partial charge in [-0.2, -0.15) is 0 Å². The van der Waals surface area contributed by atoms with E-state index in [1.165, 1.54) is 20.2 Å². The zero-order valence-corrected chi connectivity index (χ0v) is 12.0. The van der Waals surface area contributed by atoms with E-state index in [9.17, 15) is 14.2 Å². The topological polar surface area (TPSA) is 126 Å². The number of aromatic nitrogens is 2. The molecule has 1 fully saturated rings. The van der Waals surface area contributed by atoms with Crippen molar-refractivity contribution in [2.24, 2.45) is 5.73 Å². The first kappa shape index (κ1) is 15.1. The van der Waals surface area contributed by atoms with Gasteiger partial charge in [-0.25, -0.2) is 4.79 Å². The molecule has 3 N–H and O–H groups in total. The van der Waals surface area contributed by atoms with Crippen LogP contribution in [0.4, 0.5) is 0 Å². The number of methoxy groups -OCH3 is 1. The Kier molecular flexibility index (Phi) is 4.26. The highest BCUT2D eigenvalue weighted by atomic mass is 31.1. The Bertz CT molecular complexity index is 624. The number of nitrogens with two attached hydrogens (primary N) is 1. The van der Waals surface area contributed by atoms with Crippen molar-refractivity contribution in [2.75, 3.05) is 13.7 Å². The summed E-state index contributed by atoms with van der Waals surface area (Å²) in [6, 6.07) is 1.16. The summed E-state index contributed by atoms with van der Waals surface area (Å²) in [5.41, 5.74) is 3.56. The summed E-state index contributed by atoms with van der Waals surface area (Å²) in [4.78, 5) is 25.0. The number of aromatic amines is 1. The molecule has 4 atom stereocenters. The summed E-state index contributed by atoms with van der Waals surface area (Å²) < 4.78 is 27.8. The zero-order chi connectivity index (χ0) is 14.9. The van der Waals surface area contributed by atoms with Gasteiger partial charge in [0.05, 0.1) is 6.61 Å². The van der Waals surface area contributed by atoms with Gasteiger partial charge in [0.1, 0.15) is 17.9 Å². The molecule has 1 aliphatic rings. The lowest BCUT2D eigenvalue weighted by atomic mass is 10.0. The second-order valence-electron chi connectivity index (χ2n) is 4.58. The molecule has 20 heavy (non-hydrogen) atoms. The first-order valence-corrected chi connectivity index (χ1v) is 7.06. The van der Waals surface area contributed by atoms with Crippen LogP contribution in [0.3, 0.4) is 0 Å². The van der Waals surface area contributed by atoms with Crippen molar-refractivity contribution < 1.29 is 18.3 Å². The van der Waals surface area contributed by atoms with Crippen molar-refractivity contribution in [1.29, 1.82) is 0 Å². The van der Waals surface area contributed by atoms with Gasteiger partial charge in [0.2, 0.25) is 0 Å². The van der Waals surface area contributed by atoms with Gasteiger partial charge < -0.3 is 19.5 Å². The SMILES string of the molecule is CO[C@@H]1CO[PH](=O)O[C@H]1[C@@](C)(N)n1ccc(=O)[nH]c1=O. The van der Waals surface area contributed by atoms with Gasteiger partial charge in [-0.3, -0.25) is 18.9 Å². The number of nitrogens with one attached hydrogen (secondary N) is 1. The summed E-state index contributed by atoms with van der Waals surface area (Å²) in [7, 11) is -1.26. The van der Waals surface area contributed by atoms with Crippen molar-refractivity contribution in [2.45, 2.75) is 24.8 Å². The molecule has 1 aliphatic heterocycles. The van der Waals surface area contributed by atoms with Gasteiger partial charge >= 0.3 is 13.9 Å². The molecule has 0 radical (unpaired) electrons. The van der Waals surface area contributed by atoms with E-state index in [0.29, 0.717) is 0 Å². The Morgan fingerprint density at radius 1 is 1.60 bits per heavy atom. The van der Waals surface area contributed by atoms with E-state index in [-0.39, 0.29) is 6.61 Å². The summed E-state index contributed by atoms with van der Waals surface area (Å²) in [6.45, 7) is 1.56. The highest BCUT2D eigenvalue weighted by Crippen LogP contribution is 2.37. The normalized spacial score (nSPS) is 29.9. The molecule has 1 aromatic heterocycles. The minimum atomic E-state index is -2.69. The Balaban J connectivity index is 2.43. The van der Waals surface area contributed by atoms with Gasteiger partial charge in [-0.1, -0.05) is 0 Å². The Morgan fingerprint density at radius 2 is 2.30 bits per heavy atom. The molecule has 0 aromatic carbocycles. The lowest BCUT2D eigenvalue weighted by Crippen LogP contribution is -2.61. The molecule has 0 aliphatic carbocycles. The quantitative estimate of drug-likeness (QED) is 0.685. The Morgan fingerprint density at radius 3 is 2.90 bits per heavy atom. The molecule has 9 nitrogen and oxygen atoms in total. The number of H-pyrrole nitrogens is 1. The average Bonchev–Trinajstić information content (AvgIpc) is 2.38. The van der Waals surface area contributed by atoms with Gasteiger partial charge in [0, 0.05) is 19.4 Å². The van der Waals surface area contributed by atoms with Crippen molar-refractivity contribution in [1.82, 2.24) is 9.55 Å². The Hall–Kier alpha value is -1.25. The first-order chi connectivity index (χ1) is 9.36. The number of ether oxygens (including phenoxy) is 1. The van der Waals surface area contributed by atoms with E-state index < -0.39 is 37.4 Å². The van der Waals surface area contributed by atoms with Crippen LogP contribution < -0.4 is 17.0 Å². The van der Waals surface area contributed by atoms with Crippen molar-refractivity contribution in [3.05, 3.63) is 33.1 Å². The van der Waals surface area contributed by atoms with Crippen LogP contribution in [0.1, 0.15) is 6.92 Å². The molecule has 1 unspecified atom stereocenters. The smallest absolute Gasteiger partial charge is 0.329 e. The second kappa shape index (κ2) is 5.63. The predicted octanol–water partition coefficient (Wildman–Crippen LogP) is -1.01. The molecule has 0 spiro atoms. The van der Waals surface area contributed by atoms with Crippen molar-refractivity contribution in [3.63, 3.8) is 0 Å². The predicted molar refractivity (Wildman–Crippen MR) is 69.8 cm³/mol. The van der Waals surface area contributed by atoms with Crippen LogP contribution in [-0.2, 0) is 24.0 Å². The zero-order valence-electron chi connectivity index (χ0n) is 11.0. The molecule has 112 valence electrons. The summed E-state index contributed by atoms with van der Waals surface area (Å²) in [5.74, 6) is 0. The van der Waals surface area contributed by atoms with Crippen molar-refractivity contribution in [3.8, 4) is 0 Å². The van der Waals surface area contributed by atoms with Gasteiger partial charge in [-0.15, -0.1) is 0 Å². The molecule has 1 aromatic rings. The van der Waals surface area contributed by atoms with E-state index in [0.717, 1.165) is 10.6 Å². The molecule has 10 heteroatoms. The fourth-order valence-electron chi connectivity index (χ4n) is 2.07. The number of hydrogen-bond acceptors (Lipinski definition) is 7. The third-order valence-corrected chi connectivity index (χ3v) is 4.00. The lowest BCUT2D eigenvalue weighted by molar-refractivity contribution is -0.0987. The maximum absolute atomic E-state index is 11.8. The molecule has 2 heterocycles. The van der Waals surface area contributed by atoms with Crippen LogP contribution in [0.5, 0.6) is 0 Å². The van der Waals surface area contributed by atoms with Crippen LogP contribution in [0.25, 0.3) is 0 Å². The molecule has 1 saturated heterocycles. The largest absolute Gasteiger partial charge is 0.376 e. The number of rotatable bonds is 3. The van der Waals surface area contributed by atoms with E-state index in [4.69, 9.17) is 19.5 Å². The molecule has 0 bridgehead atoms. The van der Waals surface area contributed by atoms with E-state index in [2.05, 4.69) is 4.98 Å². The van der Waals surface area contributed by atoms with Crippen molar-refractivity contribution >= 4 is 8.25 Å². The molecular formula is C10H16N3O6P. The highest BCUT2D eigenvalue weighted by molar-refractivity contribution is 7.33. The first-order valence-electron chi connectivity index (χ1n) is 5.84. The Labute approximate surface area is 114 Å². The van der Waals surface area contributed by atoms with Crippen LogP contribution in [0, 0.1) is 0 Å². The van der Waals surface area contributed by atoms with E-state index >= 15 is 0 Å².